The third-order valence-electron chi connectivity index (χ3n) is 18.1. The van der Waals surface area contributed by atoms with Gasteiger partial charge in [-0.15, -0.1) is 0 Å². The summed E-state index contributed by atoms with van der Waals surface area (Å²) in [6, 6.07) is 0. The monoisotopic (exact) mass is 1930 g/mol. The Hall–Kier alpha value is -5.67. The maximum absolute atomic E-state index is 14.0. The molecule has 0 radical (unpaired) electrons. The summed E-state index contributed by atoms with van der Waals surface area (Å²) in [5, 5.41) is 0. The number of aliphatic imine (C=N–C) groups is 1. The van der Waals surface area contributed by atoms with E-state index in [1.54, 1.807) is 32.8 Å². The van der Waals surface area contributed by atoms with Crippen LogP contribution in [0.3, 0.4) is 0 Å². The van der Waals surface area contributed by atoms with Gasteiger partial charge in [0.1, 0.15) is 106 Å². The van der Waals surface area contributed by atoms with E-state index in [1.807, 2.05) is 6.92 Å². The van der Waals surface area contributed by atoms with Crippen LogP contribution < -0.4 is 39.3 Å². The standard InChI is InChI=1S/C68H95N17O29P5S5/c1-16-95-23-17-24-96-115(120,97-25-18-69-7)113-54-50(109-63(56(54)93-14)83-33-43(5)60(87)79-67(83)91)38-105-119(124,101-29-22-73-11)114-55-49(108-64(57(55)94-15)84-34-44(6)61(88)80-68(84)92)37-104-118(123,100-28-21-72-10)111-45-30-51(82-32-42(4)59(86)78-66(82)90)106-47(45)36-103-117(122,99-27-20-71-9)112-46-31-52(107-48(46)35-102-116(121,110-41(2)3)98-26-19-70-8)85-40-74-53-58(85)76-65(77-62(53)89)75-39-81(12)13/h32-34,39-41,45-52,54-57,63-64,120-124H,16-31,35-38H2,1-6,12-15H3/q+1/p+4/t45-,46-,47-,48-,49-,50-,51-,52-,54+,55+,56?,57?,63-,64-,115?,116?,117?,118?,119?/m1/s1. The van der Waals surface area contributed by atoms with Crippen molar-refractivity contribution in [2.45, 2.75) is 153 Å². The van der Waals surface area contributed by atoms with Gasteiger partial charge in [0.2, 0.25) is 38.7 Å². The van der Waals surface area contributed by atoms with Crippen molar-refractivity contribution >= 4 is 120 Å². The molecule has 56 heteroatoms. The first kappa shape index (κ1) is 102. The third-order valence-corrected chi connectivity index (χ3v) is 30.7. The van der Waals surface area contributed by atoms with Crippen LogP contribution in [0.2, 0.25) is 0 Å². The van der Waals surface area contributed by atoms with E-state index in [0.717, 1.165) is 13.7 Å². The average molecular weight is 1930 g/mol. The maximum atomic E-state index is 14.0. The summed E-state index contributed by atoms with van der Waals surface area (Å²) in [5.74, 6) is -0.0600. The molecule has 5 aromatic heterocycles. The molecule has 5 aromatic rings. The summed E-state index contributed by atoms with van der Waals surface area (Å²) >= 11 is 24.5. The van der Waals surface area contributed by atoms with E-state index in [-0.39, 0.29) is 119 Å². The number of fused-ring (bicyclic) bond motifs is 1. The summed E-state index contributed by atoms with van der Waals surface area (Å²) in [7, 11) is -14.3. The van der Waals surface area contributed by atoms with Crippen LogP contribution in [0, 0.1) is 53.6 Å². The van der Waals surface area contributed by atoms with Gasteiger partial charge < -0.3 is 67.3 Å². The van der Waals surface area contributed by atoms with Gasteiger partial charge >= 0.3 is 58.4 Å². The van der Waals surface area contributed by atoms with Gasteiger partial charge in [0.15, 0.2) is 63.2 Å². The van der Waals surface area contributed by atoms with E-state index in [2.05, 4.69) is 59.1 Å². The van der Waals surface area contributed by atoms with E-state index < -0.39 is 200 Å². The predicted octanol–water partition coefficient (Wildman–Crippen LogP) is 7.51. The fourth-order valence-corrected chi connectivity index (χ4v) is 23.7. The highest BCUT2D eigenvalue weighted by Gasteiger charge is 2.63. The number of nitrogens with zero attached hydrogens (tertiary/aromatic N) is 13. The molecule has 4 saturated heterocycles. The van der Waals surface area contributed by atoms with Crippen LogP contribution in [-0.2, 0) is 101 Å². The number of imidazole rings is 1. The number of hydrogen-bond donors (Lipinski definition) is 9. The van der Waals surface area contributed by atoms with Crippen molar-refractivity contribution in [3.8, 4) is 0 Å². The summed E-state index contributed by atoms with van der Waals surface area (Å²) in [6.07, 6.45) is -12.8. The van der Waals surface area contributed by atoms with E-state index in [0.29, 0.717) is 13.0 Å². The number of aryl methyl sites for hydroxylation is 3. The quantitative estimate of drug-likeness (QED) is 0.00454. The van der Waals surface area contributed by atoms with Gasteiger partial charge in [-0.05, 0) is 48.0 Å². The lowest BCUT2D eigenvalue weighted by atomic mass is 10.1. The van der Waals surface area contributed by atoms with Crippen molar-refractivity contribution in [2.75, 3.05) is 140 Å². The van der Waals surface area contributed by atoms with Gasteiger partial charge in [-0.1, -0.05) is 0 Å². The van der Waals surface area contributed by atoms with Crippen molar-refractivity contribution in [3.05, 3.63) is 172 Å². The average Bonchev–Trinajstić information content (AvgIpc) is 1.63. The topological polar surface area (TPSA) is 469 Å². The van der Waals surface area contributed by atoms with Crippen LogP contribution in [0.15, 0.2) is 63.5 Å². The molecular formula is C68H99N17O29P5S5+5. The van der Waals surface area contributed by atoms with Crippen LogP contribution in [0.4, 0.5) is 5.95 Å². The van der Waals surface area contributed by atoms with E-state index >= 15 is 0 Å². The zero-order chi connectivity index (χ0) is 90.3. The number of nitrogens with one attached hydrogen (secondary N) is 4. The van der Waals surface area contributed by atoms with Crippen molar-refractivity contribution in [1.82, 2.24) is 53.1 Å². The SMILES string of the molecule is [C-]#[N+]CCO[P+](S)(OC[C@H]1O[C@@H](n2cnc3c(=O)nc(N=CN(C)C)[nH]c32)C[C@H]1O[P+](S)(OCC[N+]#[C-])OC[C@H]1O[C@@H](n2cc(C)c(=O)[nH]c2=O)C[C@H]1O[P+](S)(OCC[N+]#[C-])OC[C@H]1O[C@@H](n2cc(C)c(=O)[nH]c2=O)C(OC)[C@H]1O[P+](S)(OCC[N+]#[C-])OC[C@H]1O[C@@H](n2cc(C)c(=O)[nH]c2=O)C(OC)[C@H]1O[P+](S)(OCCCOCC)OCC[N+]#[C-])OC(C)C. The van der Waals surface area contributed by atoms with Gasteiger partial charge in [-0.25, -0.2) is 57.2 Å². The van der Waals surface area contributed by atoms with E-state index in [9.17, 15) is 33.6 Å². The molecule has 46 nitrogen and oxygen atoms in total. The van der Waals surface area contributed by atoms with Gasteiger partial charge in [0, 0.05) is 89.7 Å². The summed E-state index contributed by atoms with van der Waals surface area (Å²) in [4.78, 5) is 135. The zero-order valence-electron chi connectivity index (χ0n) is 68.8. The first-order valence-electron chi connectivity index (χ1n) is 38.1. The molecule has 0 aromatic carbocycles. The Morgan fingerprint density at radius 1 is 0.516 bits per heavy atom. The Labute approximate surface area is 739 Å². The summed E-state index contributed by atoms with van der Waals surface area (Å²) in [5.41, 5.74) is -5.24. The molecule has 0 bridgehead atoms. The third kappa shape index (κ3) is 27.9. The smallest absolute Gasteiger partial charge is 0.382 e. The number of H-pyrrole nitrogens is 4. The number of methoxy groups -OCH3 is 2. The molecule has 9 heterocycles. The van der Waals surface area contributed by atoms with Crippen LogP contribution in [0.5, 0.6) is 0 Å². The second kappa shape index (κ2) is 47.8. The molecule has 124 heavy (non-hydrogen) atoms. The second-order valence-corrected chi connectivity index (χ2v) is 43.4. The molecule has 680 valence electrons. The van der Waals surface area contributed by atoms with Crippen molar-refractivity contribution in [2.24, 2.45) is 4.99 Å². The fourth-order valence-electron chi connectivity index (χ4n) is 12.4. The number of ether oxygens (including phenoxy) is 7. The van der Waals surface area contributed by atoms with Crippen molar-refractivity contribution in [1.29, 1.82) is 0 Å². The fraction of sp³-hybridized carbons (Fsp3) is 0.662. The number of rotatable bonds is 51. The minimum Gasteiger partial charge on any atom is -0.382 e. The maximum Gasteiger partial charge on any atom is 0.478 e. The molecule has 19 atom stereocenters. The van der Waals surface area contributed by atoms with Gasteiger partial charge in [0.05, 0.1) is 73.9 Å². The van der Waals surface area contributed by atoms with Crippen LogP contribution in [-0.4, -0.2) is 267 Å². The minimum absolute atomic E-state index is 0.0111. The largest absolute Gasteiger partial charge is 0.478 e. The highest BCUT2D eigenvalue weighted by molar-refractivity contribution is 8.48. The van der Waals surface area contributed by atoms with E-state index in [4.69, 9.17) is 195 Å². The van der Waals surface area contributed by atoms with Crippen LogP contribution >= 0.6 is 97.0 Å². The summed E-state index contributed by atoms with van der Waals surface area (Å²) < 4.78 is 146. The van der Waals surface area contributed by atoms with E-state index in [1.165, 1.54) is 70.8 Å². The molecule has 4 aliphatic rings. The van der Waals surface area contributed by atoms with Crippen molar-refractivity contribution < 1.29 is 101 Å². The number of aromatic amines is 4. The minimum atomic E-state index is -4.37. The van der Waals surface area contributed by atoms with Gasteiger partial charge in [0.25, 0.3) is 16.7 Å². The lowest BCUT2D eigenvalue weighted by Crippen LogP contribution is -2.41. The first-order chi connectivity index (χ1) is 59.1. The molecule has 4 N–H and O–H groups in total. The molecule has 0 amide bonds. The lowest BCUT2D eigenvalue weighted by molar-refractivity contribution is -0.0655. The Morgan fingerprint density at radius 3 is 1.31 bits per heavy atom. The molecule has 4 aliphatic heterocycles. The highest BCUT2D eigenvalue weighted by Crippen LogP contribution is 2.74. The molecule has 0 aliphatic carbocycles. The molecule has 0 saturated carbocycles. The molecular weight excluding hydrogens is 1830 g/mol. The number of hydrogen-bond acceptors (Lipinski definition) is 37. The number of aromatic nitrogens is 10. The Balaban J connectivity index is 1.07. The van der Waals surface area contributed by atoms with Crippen LogP contribution in [0.1, 0.15) is 81.6 Å². The predicted molar refractivity (Wildman–Crippen MR) is 468 cm³/mol. The van der Waals surface area contributed by atoms with Gasteiger partial charge in [-0.3, -0.25) is 52.4 Å². The van der Waals surface area contributed by atoms with Crippen LogP contribution in [0.25, 0.3) is 35.4 Å². The molecule has 7 unspecified atom stereocenters. The zero-order valence-corrected chi connectivity index (χ0v) is 77.8. The Morgan fingerprint density at radius 2 is 0.895 bits per heavy atom. The summed E-state index contributed by atoms with van der Waals surface area (Å²) in [6.45, 7) is 43.6. The van der Waals surface area contributed by atoms with Gasteiger partial charge in [-0.2, -0.15) is 72.8 Å². The normalized spacial score (nSPS) is 25.1. The number of thiol groups is 5. The Kier molecular flexibility index (Phi) is 39.3. The highest BCUT2D eigenvalue weighted by atomic mass is 32.7. The lowest BCUT2D eigenvalue weighted by Gasteiger charge is -2.27. The Bertz CT molecular complexity index is 5110. The molecule has 0 spiro atoms. The van der Waals surface area contributed by atoms with Crippen molar-refractivity contribution in [3.63, 3.8) is 0 Å². The molecule has 4 fully saturated rings. The molecule has 9 rings (SSSR count). The second-order valence-electron chi connectivity index (χ2n) is 27.7. The first-order valence-corrected chi connectivity index (χ1v) is 51.6.